The molecule has 1 heterocycles. The summed E-state index contributed by atoms with van der Waals surface area (Å²) in [6.45, 7) is 1.96. The summed E-state index contributed by atoms with van der Waals surface area (Å²) in [5.41, 5.74) is 1.40. The molecule has 1 aromatic heterocycles. The standard InChI is InChI=1S/C20H18FN3O2/c1-2-16(14-8-4-3-5-9-14)19(25)24-15-12-22-20(23-13-15)26-18-11-7-6-10-17(18)21/h3-13,16H,2H2,1H3,(H,24,25)/t16-/m1/s1. The Labute approximate surface area is 150 Å². The van der Waals surface area contributed by atoms with Crippen LogP contribution in [-0.4, -0.2) is 15.9 Å². The van der Waals surface area contributed by atoms with E-state index < -0.39 is 5.82 Å². The highest BCUT2D eigenvalue weighted by atomic mass is 19.1. The number of hydrogen-bond donors (Lipinski definition) is 1. The van der Waals surface area contributed by atoms with Crippen LogP contribution in [0.3, 0.4) is 0 Å². The van der Waals surface area contributed by atoms with Crippen LogP contribution in [0.25, 0.3) is 0 Å². The van der Waals surface area contributed by atoms with Gasteiger partial charge in [-0.05, 0) is 24.1 Å². The van der Waals surface area contributed by atoms with Gasteiger partial charge in [-0.2, -0.15) is 0 Å². The normalized spacial score (nSPS) is 11.6. The maximum atomic E-state index is 13.6. The highest BCUT2D eigenvalue weighted by Crippen LogP contribution is 2.23. The predicted molar refractivity (Wildman–Crippen MR) is 96.6 cm³/mol. The Morgan fingerprint density at radius 2 is 1.73 bits per heavy atom. The van der Waals surface area contributed by atoms with E-state index in [0.29, 0.717) is 12.1 Å². The third-order valence-electron chi connectivity index (χ3n) is 3.86. The summed E-state index contributed by atoms with van der Waals surface area (Å²) >= 11 is 0. The van der Waals surface area contributed by atoms with E-state index in [9.17, 15) is 9.18 Å². The number of rotatable bonds is 6. The number of halogens is 1. The van der Waals surface area contributed by atoms with Gasteiger partial charge in [0.25, 0.3) is 0 Å². The van der Waals surface area contributed by atoms with Crippen molar-refractivity contribution in [3.05, 3.63) is 78.4 Å². The third-order valence-corrected chi connectivity index (χ3v) is 3.86. The number of amides is 1. The summed E-state index contributed by atoms with van der Waals surface area (Å²) in [5, 5.41) is 2.80. The second-order valence-corrected chi connectivity index (χ2v) is 5.65. The maximum absolute atomic E-state index is 13.6. The van der Waals surface area contributed by atoms with Gasteiger partial charge in [0, 0.05) is 0 Å². The monoisotopic (exact) mass is 351 g/mol. The van der Waals surface area contributed by atoms with E-state index in [4.69, 9.17) is 4.74 Å². The largest absolute Gasteiger partial charge is 0.421 e. The van der Waals surface area contributed by atoms with Gasteiger partial charge in [-0.3, -0.25) is 4.79 Å². The lowest BCUT2D eigenvalue weighted by molar-refractivity contribution is -0.117. The Kier molecular flexibility index (Phi) is 5.53. The molecule has 0 spiro atoms. The summed E-state index contributed by atoms with van der Waals surface area (Å²) in [6, 6.07) is 15.6. The van der Waals surface area contributed by atoms with Crippen LogP contribution in [0, 0.1) is 5.82 Å². The molecule has 0 aliphatic carbocycles. The van der Waals surface area contributed by atoms with Gasteiger partial charge in [0.1, 0.15) is 0 Å². The van der Waals surface area contributed by atoms with Crippen LogP contribution in [0.4, 0.5) is 10.1 Å². The van der Waals surface area contributed by atoms with E-state index in [1.54, 1.807) is 12.1 Å². The number of para-hydroxylation sites is 1. The molecule has 1 atom stereocenters. The SMILES string of the molecule is CC[C@@H](C(=O)Nc1cnc(Oc2ccccc2F)nc1)c1ccccc1. The van der Waals surface area contributed by atoms with Crippen molar-refractivity contribution in [2.75, 3.05) is 5.32 Å². The number of ether oxygens (including phenoxy) is 1. The lowest BCUT2D eigenvalue weighted by Gasteiger charge is -2.15. The third kappa shape index (κ3) is 4.22. The molecule has 0 aliphatic heterocycles. The van der Waals surface area contributed by atoms with Gasteiger partial charge < -0.3 is 10.1 Å². The minimum Gasteiger partial charge on any atom is -0.421 e. The van der Waals surface area contributed by atoms with Crippen LogP contribution in [0.1, 0.15) is 24.8 Å². The molecule has 0 radical (unpaired) electrons. The van der Waals surface area contributed by atoms with Crippen molar-refractivity contribution in [1.29, 1.82) is 0 Å². The van der Waals surface area contributed by atoms with Gasteiger partial charge in [0.15, 0.2) is 11.6 Å². The molecule has 132 valence electrons. The van der Waals surface area contributed by atoms with Gasteiger partial charge in [-0.15, -0.1) is 0 Å². The summed E-state index contributed by atoms with van der Waals surface area (Å²) in [5.74, 6) is -0.850. The number of nitrogens with one attached hydrogen (secondary N) is 1. The minimum atomic E-state index is -0.498. The molecular weight excluding hydrogens is 333 g/mol. The second-order valence-electron chi connectivity index (χ2n) is 5.65. The number of hydrogen-bond acceptors (Lipinski definition) is 4. The van der Waals surface area contributed by atoms with E-state index in [2.05, 4.69) is 15.3 Å². The Bertz CT molecular complexity index is 870. The lowest BCUT2D eigenvalue weighted by Crippen LogP contribution is -2.20. The number of carbonyl (C=O) groups excluding carboxylic acids is 1. The first-order chi connectivity index (χ1) is 12.7. The molecule has 3 aromatic rings. The molecule has 0 fully saturated rings. The average molecular weight is 351 g/mol. The number of anilines is 1. The van der Waals surface area contributed by atoms with E-state index in [1.165, 1.54) is 24.5 Å². The molecule has 0 aliphatic rings. The molecule has 26 heavy (non-hydrogen) atoms. The molecule has 0 saturated heterocycles. The fourth-order valence-corrected chi connectivity index (χ4v) is 2.55. The molecule has 0 bridgehead atoms. The highest BCUT2D eigenvalue weighted by molar-refractivity contribution is 5.95. The van der Waals surface area contributed by atoms with Crippen LogP contribution in [0.2, 0.25) is 0 Å². The molecule has 1 N–H and O–H groups in total. The number of benzene rings is 2. The van der Waals surface area contributed by atoms with Crippen molar-refractivity contribution in [1.82, 2.24) is 9.97 Å². The zero-order valence-corrected chi connectivity index (χ0v) is 14.2. The van der Waals surface area contributed by atoms with E-state index >= 15 is 0 Å². The molecule has 0 unspecified atom stereocenters. The first-order valence-electron chi connectivity index (χ1n) is 8.27. The van der Waals surface area contributed by atoms with E-state index in [0.717, 1.165) is 5.56 Å². The summed E-state index contributed by atoms with van der Waals surface area (Å²) < 4.78 is 18.9. The van der Waals surface area contributed by atoms with Gasteiger partial charge in [-0.25, -0.2) is 14.4 Å². The van der Waals surface area contributed by atoms with E-state index in [1.807, 2.05) is 37.3 Å². The number of carbonyl (C=O) groups is 1. The molecule has 5 nitrogen and oxygen atoms in total. The molecular formula is C20H18FN3O2. The smallest absolute Gasteiger partial charge is 0.322 e. The topological polar surface area (TPSA) is 64.1 Å². The first kappa shape index (κ1) is 17.5. The lowest BCUT2D eigenvalue weighted by atomic mass is 9.95. The Morgan fingerprint density at radius 3 is 2.38 bits per heavy atom. The zero-order chi connectivity index (χ0) is 18.4. The Hall–Kier alpha value is -3.28. The summed E-state index contributed by atoms with van der Waals surface area (Å²) in [6.07, 6.45) is 3.53. The van der Waals surface area contributed by atoms with E-state index in [-0.39, 0.29) is 23.6 Å². The van der Waals surface area contributed by atoms with Crippen molar-refractivity contribution in [3.8, 4) is 11.8 Å². The van der Waals surface area contributed by atoms with Crippen molar-refractivity contribution in [2.45, 2.75) is 19.3 Å². The minimum absolute atomic E-state index is 0.00296. The Balaban J connectivity index is 1.67. The van der Waals surface area contributed by atoms with Crippen LogP contribution < -0.4 is 10.1 Å². The Morgan fingerprint density at radius 1 is 1.08 bits per heavy atom. The molecule has 0 saturated carbocycles. The highest BCUT2D eigenvalue weighted by Gasteiger charge is 2.18. The molecule has 3 rings (SSSR count). The van der Waals surface area contributed by atoms with Crippen molar-refractivity contribution >= 4 is 11.6 Å². The maximum Gasteiger partial charge on any atom is 0.322 e. The average Bonchev–Trinajstić information content (AvgIpc) is 2.67. The number of aromatic nitrogens is 2. The van der Waals surface area contributed by atoms with Crippen LogP contribution >= 0.6 is 0 Å². The van der Waals surface area contributed by atoms with Crippen LogP contribution in [-0.2, 0) is 4.79 Å². The molecule has 1 amide bonds. The number of nitrogens with zero attached hydrogens (tertiary/aromatic N) is 2. The zero-order valence-electron chi connectivity index (χ0n) is 14.2. The fourth-order valence-electron chi connectivity index (χ4n) is 2.55. The van der Waals surface area contributed by atoms with Crippen LogP contribution in [0.5, 0.6) is 11.8 Å². The fraction of sp³-hybridized carbons (Fsp3) is 0.150. The van der Waals surface area contributed by atoms with Gasteiger partial charge in [-0.1, -0.05) is 49.4 Å². The predicted octanol–water partition coefficient (Wildman–Crippen LogP) is 4.54. The summed E-state index contributed by atoms with van der Waals surface area (Å²) in [7, 11) is 0. The van der Waals surface area contributed by atoms with Crippen molar-refractivity contribution < 1.29 is 13.9 Å². The summed E-state index contributed by atoms with van der Waals surface area (Å²) in [4.78, 5) is 20.5. The quantitative estimate of drug-likeness (QED) is 0.708. The van der Waals surface area contributed by atoms with Gasteiger partial charge in [0.2, 0.25) is 5.91 Å². The van der Waals surface area contributed by atoms with Gasteiger partial charge in [0.05, 0.1) is 24.0 Å². The van der Waals surface area contributed by atoms with Crippen molar-refractivity contribution in [2.24, 2.45) is 0 Å². The molecule has 6 heteroatoms. The van der Waals surface area contributed by atoms with Gasteiger partial charge >= 0.3 is 6.01 Å². The first-order valence-corrected chi connectivity index (χ1v) is 8.27. The molecule has 2 aromatic carbocycles. The van der Waals surface area contributed by atoms with Crippen molar-refractivity contribution in [3.63, 3.8) is 0 Å². The van der Waals surface area contributed by atoms with Crippen LogP contribution in [0.15, 0.2) is 67.0 Å². The second kappa shape index (κ2) is 8.20.